The highest BCUT2D eigenvalue weighted by Crippen LogP contribution is 2.22. The van der Waals surface area contributed by atoms with Gasteiger partial charge in [-0.2, -0.15) is 9.30 Å². The number of hydrogen-bond donors (Lipinski definition) is 0. The van der Waals surface area contributed by atoms with Crippen LogP contribution in [0.5, 0.6) is 0 Å². The van der Waals surface area contributed by atoms with Gasteiger partial charge in [-0.15, -0.1) is 6.42 Å². The summed E-state index contributed by atoms with van der Waals surface area (Å²) >= 11 is 1.23. The number of benzene rings is 2. The fraction of sp³-hybridized carbons (Fsp3) is 0.320. The van der Waals surface area contributed by atoms with Gasteiger partial charge >= 0.3 is 5.97 Å². The minimum absolute atomic E-state index is 0.159. The molecule has 1 saturated heterocycles. The summed E-state index contributed by atoms with van der Waals surface area (Å²) in [4.78, 5) is 29.8. The maximum absolute atomic E-state index is 12.9. The Morgan fingerprint density at radius 2 is 1.77 bits per heavy atom. The zero-order valence-electron chi connectivity index (χ0n) is 19.3. The third-order valence-electron chi connectivity index (χ3n) is 5.69. The highest BCUT2D eigenvalue weighted by atomic mass is 32.2. The van der Waals surface area contributed by atoms with E-state index >= 15 is 0 Å². The second-order valence-electron chi connectivity index (χ2n) is 7.98. The molecule has 0 atom stereocenters. The van der Waals surface area contributed by atoms with Crippen LogP contribution in [0.15, 0.2) is 52.4 Å². The maximum Gasteiger partial charge on any atom is 0.338 e. The lowest BCUT2D eigenvalue weighted by Crippen LogP contribution is -2.35. The lowest BCUT2D eigenvalue weighted by atomic mass is 10.2. The van der Waals surface area contributed by atoms with Gasteiger partial charge in [-0.25, -0.2) is 13.2 Å². The number of sulfonamides is 1. The number of carbonyl (C=O) groups excluding carboxylic acids is 2. The number of thiazole rings is 1. The molecule has 0 aliphatic carbocycles. The first kappa shape index (κ1) is 24.9. The van der Waals surface area contributed by atoms with Gasteiger partial charge in [0, 0.05) is 18.7 Å². The van der Waals surface area contributed by atoms with Crippen LogP contribution in [0.2, 0.25) is 0 Å². The predicted octanol–water partition coefficient (Wildman–Crippen LogP) is 3.43. The molecule has 0 unspecified atom stereocenters. The summed E-state index contributed by atoms with van der Waals surface area (Å²) in [6.07, 6.45) is 8.26. The van der Waals surface area contributed by atoms with Crippen LogP contribution in [0.1, 0.15) is 46.9 Å². The highest BCUT2D eigenvalue weighted by Gasteiger charge is 2.26. The largest absolute Gasteiger partial charge is 0.462 e. The number of nitrogens with zero attached hydrogens (tertiary/aromatic N) is 3. The molecule has 0 radical (unpaired) electrons. The zero-order valence-corrected chi connectivity index (χ0v) is 20.9. The molecule has 0 bridgehead atoms. The van der Waals surface area contributed by atoms with Gasteiger partial charge in [0.1, 0.15) is 0 Å². The van der Waals surface area contributed by atoms with E-state index in [1.807, 2.05) is 0 Å². The summed E-state index contributed by atoms with van der Waals surface area (Å²) < 4.78 is 34.7. The zero-order chi connectivity index (χ0) is 25.0. The van der Waals surface area contributed by atoms with Crippen LogP contribution in [-0.2, 0) is 21.3 Å². The Morgan fingerprint density at radius 3 is 2.43 bits per heavy atom. The van der Waals surface area contributed by atoms with Crippen LogP contribution in [0.25, 0.3) is 10.2 Å². The summed E-state index contributed by atoms with van der Waals surface area (Å²) in [6.45, 7) is 3.22. The Labute approximate surface area is 207 Å². The van der Waals surface area contributed by atoms with Crippen LogP contribution in [-0.4, -0.2) is 48.9 Å². The van der Waals surface area contributed by atoms with E-state index in [2.05, 4.69) is 10.9 Å². The molecule has 182 valence electrons. The Morgan fingerprint density at radius 1 is 1.09 bits per heavy atom. The molecule has 2 aromatic carbocycles. The van der Waals surface area contributed by atoms with Crippen LogP contribution >= 0.6 is 11.3 Å². The van der Waals surface area contributed by atoms with Crippen molar-refractivity contribution < 1.29 is 22.7 Å². The molecule has 10 heteroatoms. The quantitative estimate of drug-likeness (QED) is 0.373. The number of piperidine rings is 1. The highest BCUT2D eigenvalue weighted by molar-refractivity contribution is 7.89. The number of amides is 1. The molecule has 4 rings (SSSR count). The van der Waals surface area contributed by atoms with Gasteiger partial charge in [-0.1, -0.05) is 23.7 Å². The number of fused-ring (bicyclic) bond motifs is 1. The number of rotatable bonds is 6. The first-order valence-electron chi connectivity index (χ1n) is 11.3. The number of ether oxygens (including phenoxy) is 1. The maximum atomic E-state index is 12.9. The third-order valence-corrected chi connectivity index (χ3v) is 8.65. The Bertz CT molecular complexity index is 1470. The predicted molar refractivity (Wildman–Crippen MR) is 134 cm³/mol. The number of carbonyl (C=O) groups is 2. The van der Waals surface area contributed by atoms with Gasteiger partial charge in [0.2, 0.25) is 10.0 Å². The van der Waals surface area contributed by atoms with Crippen molar-refractivity contribution in [1.82, 2.24) is 8.87 Å². The molecule has 35 heavy (non-hydrogen) atoms. The molecule has 0 spiro atoms. The fourth-order valence-electron chi connectivity index (χ4n) is 3.92. The normalized spacial score (nSPS) is 15.1. The standard InChI is InChI=1S/C25H25N3O5S2/c1-3-14-28-21-13-10-19(24(30)33-4-2)17-22(21)34-25(28)26-23(29)18-8-11-20(12-9-18)35(31,32)27-15-6-5-7-16-27/h1,8-13,17H,4-7,14-16H2,2H3. The minimum atomic E-state index is -3.58. The lowest BCUT2D eigenvalue weighted by Gasteiger charge is -2.25. The van der Waals surface area contributed by atoms with Crippen LogP contribution in [0, 0.1) is 12.3 Å². The minimum Gasteiger partial charge on any atom is -0.462 e. The molecule has 1 amide bonds. The smallest absolute Gasteiger partial charge is 0.338 e. The molecule has 1 fully saturated rings. The molecule has 0 saturated carbocycles. The van der Waals surface area contributed by atoms with E-state index in [9.17, 15) is 18.0 Å². The summed E-state index contributed by atoms with van der Waals surface area (Å²) in [5, 5.41) is 0. The summed E-state index contributed by atoms with van der Waals surface area (Å²) in [7, 11) is -3.58. The molecular weight excluding hydrogens is 486 g/mol. The van der Waals surface area contributed by atoms with Crippen LogP contribution in [0.3, 0.4) is 0 Å². The van der Waals surface area contributed by atoms with Gasteiger partial charge in [0.25, 0.3) is 5.91 Å². The van der Waals surface area contributed by atoms with Crippen molar-refractivity contribution in [1.29, 1.82) is 0 Å². The van der Waals surface area contributed by atoms with Gasteiger partial charge < -0.3 is 9.30 Å². The van der Waals surface area contributed by atoms with Crippen molar-refractivity contribution in [3.8, 4) is 12.3 Å². The average Bonchev–Trinajstić information content (AvgIpc) is 3.21. The van der Waals surface area contributed by atoms with Crippen molar-refractivity contribution in [2.24, 2.45) is 4.99 Å². The van der Waals surface area contributed by atoms with Crippen molar-refractivity contribution >= 4 is 43.5 Å². The molecule has 3 aromatic rings. The molecule has 8 nitrogen and oxygen atoms in total. The topological polar surface area (TPSA) is 98.0 Å². The number of esters is 1. The van der Waals surface area contributed by atoms with Crippen LogP contribution < -0.4 is 4.80 Å². The lowest BCUT2D eigenvalue weighted by molar-refractivity contribution is 0.0526. The van der Waals surface area contributed by atoms with E-state index in [0.717, 1.165) is 29.5 Å². The fourth-order valence-corrected chi connectivity index (χ4v) is 6.50. The molecule has 1 aliphatic heterocycles. The Balaban J connectivity index is 1.65. The molecule has 1 aliphatic rings. The van der Waals surface area contributed by atoms with E-state index in [-0.39, 0.29) is 23.6 Å². The molecule has 0 N–H and O–H groups in total. The monoisotopic (exact) mass is 511 g/mol. The Hall–Kier alpha value is -3.26. The van der Waals surface area contributed by atoms with Gasteiger partial charge in [-0.05, 0) is 62.2 Å². The third kappa shape index (κ3) is 5.22. The second kappa shape index (κ2) is 10.6. The van der Waals surface area contributed by atoms with E-state index in [1.54, 1.807) is 29.7 Å². The van der Waals surface area contributed by atoms with E-state index in [1.165, 1.54) is 39.9 Å². The van der Waals surface area contributed by atoms with Crippen molar-refractivity contribution in [3.63, 3.8) is 0 Å². The Kier molecular flexibility index (Phi) is 7.50. The van der Waals surface area contributed by atoms with Crippen molar-refractivity contribution in [3.05, 3.63) is 58.4 Å². The van der Waals surface area contributed by atoms with E-state index in [0.29, 0.717) is 23.5 Å². The SMILES string of the molecule is C#CCn1c(=NC(=O)c2ccc(S(=O)(=O)N3CCCCC3)cc2)sc2cc(C(=O)OCC)ccc21. The van der Waals surface area contributed by atoms with Crippen molar-refractivity contribution in [2.45, 2.75) is 37.6 Å². The first-order chi connectivity index (χ1) is 16.8. The van der Waals surface area contributed by atoms with Gasteiger partial charge in [0.05, 0.1) is 33.8 Å². The second-order valence-corrected chi connectivity index (χ2v) is 10.9. The first-order valence-corrected chi connectivity index (χ1v) is 13.5. The van der Waals surface area contributed by atoms with E-state index < -0.39 is 21.9 Å². The average molecular weight is 512 g/mol. The molecule has 1 aromatic heterocycles. The summed E-state index contributed by atoms with van der Waals surface area (Å²) in [5.41, 5.74) is 1.41. The molecule has 2 heterocycles. The molecular formula is C25H25N3O5S2. The number of terminal acetylenes is 1. The van der Waals surface area contributed by atoms with Crippen molar-refractivity contribution in [2.75, 3.05) is 19.7 Å². The van der Waals surface area contributed by atoms with Gasteiger partial charge in [-0.3, -0.25) is 4.79 Å². The van der Waals surface area contributed by atoms with Gasteiger partial charge in [0.15, 0.2) is 4.80 Å². The summed E-state index contributed by atoms with van der Waals surface area (Å²) in [5.74, 6) is 1.62. The van der Waals surface area contributed by atoms with E-state index in [4.69, 9.17) is 11.2 Å². The number of aromatic nitrogens is 1. The number of hydrogen-bond acceptors (Lipinski definition) is 6. The van der Waals surface area contributed by atoms with Crippen LogP contribution in [0.4, 0.5) is 0 Å². The summed E-state index contributed by atoms with van der Waals surface area (Å²) in [6, 6.07) is 10.9.